The molecule has 17 heavy (non-hydrogen) atoms. The Morgan fingerprint density at radius 1 is 1.41 bits per heavy atom. The Labute approximate surface area is 98.0 Å². The van der Waals surface area contributed by atoms with E-state index in [0.717, 1.165) is 10.8 Å². The van der Waals surface area contributed by atoms with Crippen molar-refractivity contribution in [1.82, 2.24) is 10.5 Å². The first-order valence-corrected chi connectivity index (χ1v) is 5.15. The number of amides is 1. The summed E-state index contributed by atoms with van der Waals surface area (Å²) in [5, 5.41) is 10.4. The van der Waals surface area contributed by atoms with Gasteiger partial charge in [-0.15, -0.1) is 0 Å². The van der Waals surface area contributed by atoms with Gasteiger partial charge in [-0.05, 0) is 30.5 Å². The number of pyridine rings is 1. The summed E-state index contributed by atoms with van der Waals surface area (Å²) < 4.78 is 5.38. The quantitative estimate of drug-likeness (QED) is 0.621. The summed E-state index contributed by atoms with van der Waals surface area (Å²) in [7, 11) is 0. The fourth-order valence-electron chi connectivity index (χ4n) is 1.48. The van der Waals surface area contributed by atoms with Crippen molar-refractivity contribution in [2.24, 2.45) is 0 Å². The minimum Gasteiger partial charge on any atom is -0.481 e. The molecular weight excluding hydrogens is 220 g/mol. The van der Waals surface area contributed by atoms with Gasteiger partial charge in [0.25, 0.3) is 5.91 Å². The highest BCUT2D eigenvalue weighted by molar-refractivity contribution is 5.83. The van der Waals surface area contributed by atoms with Crippen LogP contribution in [0.3, 0.4) is 0 Å². The molecule has 2 aromatic rings. The van der Waals surface area contributed by atoms with Crippen LogP contribution in [-0.4, -0.2) is 22.2 Å². The highest BCUT2D eigenvalue weighted by Crippen LogP contribution is 2.20. The maximum absolute atomic E-state index is 11.1. The maximum Gasteiger partial charge on any atom is 0.284 e. The van der Waals surface area contributed by atoms with Gasteiger partial charge in [0.2, 0.25) is 0 Å². The van der Waals surface area contributed by atoms with Crippen LogP contribution in [-0.2, 0) is 4.79 Å². The van der Waals surface area contributed by atoms with Gasteiger partial charge in [-0.1, -0.05) is 6.07 Å². The molecule has 0 aliphatic heterocycles. The molecular formula is C12H12N2O3. The lowest BCUT2D eigenvalue weighted by Crippen LogP contribution is -2.34. The third-order valence-corrected chi connectivity index (χ3v) is 2.40. The van der Waals surface area contributed by atoms with Gasteiger partial charge < -0.3 is 4.74 Å². The van der Waals surface area contributed by atoms with Crippen LogP contribution in [0.4, 0.5) is 0 Å². The average molecular weight is 232 g/mol. The summed E-state index contributed by atoms with van der Waals surface area (Å²) in [5.74, 6) is -0.0297. The topological polar surface area (TPSA) is 71.5 Å². The third kappa shape index (κ3) is 2.51. The van der Waals surface area contributed by atoms with Gasteiger partial charge in [0, 0.05) is 17.8 Å². The summed E-state index contributed by atoms with van der Waals surface area (Å²) in [6, 6.07) is 7.34. The van der Waals surface area contributed by atoms with E-state index in [1.165, 1.54) is 0 Å². The summed E-state index contributed by atoms with van der Waals surface area (Å²) in [6.07, 6.45) is 2.68. The number of fused-ring (bicyclic) bond motifs is 1. The molecule has 88 valence electrons. The second-order valence-corrected chi connectivity index (χ2v) is 3.62. The van der Waals surface area contributed by atoms with E-state index in [-0.39, 0.29) is 0 Å². The van der Waals surface area contributed by atoms with E-state index < -0.39 is 12.0 Å². The summed E-state index contributed by atoms with van der Waals surface area (Å²) in [4.78, 5) is 15.1. The van der Waals surface area contributed by atoms with Crippen LogP contribution in [0, 0.1) is 0 Å². The first-order valence-electron chi connectivity index (χ1n) is 5.15. The zero-order valence-corrected chi connectivity index (χ0v) is 9.25. The van der Waals surface area contributed by atoms with Crippen molar-refractivity contribution in [3.05, 3.63) is 36.7 Å². The molecule has 0 radical (unpaired) electrons. The second kappa shape index (κ2) is 4.80. The molecule has 1 atom stereocenters. The molecule has 5 nitrogen and oxygen atoms in total. The van der Waals surface area contributed by atoms with Crippen molar-refractivity contribution < 1.29 is 14.7 Å². The number of hydroxylamine groups is 1. The molecule has 0 spiro atoms. The van der Waals surface area contributed by atoms with Crippen molar-refractivity contribution in [2.45, 2.75) is 13.0 Å². The van der Waals surface area contributed by atoms with Crippen molar-refractivity contribution >= 4 is 16.7 Å². The van der Waals surface area contributed by atoms with Crippen LogP contribution in [0.1, 0.15) is 6.92 Å². The highest BCUT2D eigenvalue weighted by atomic mass is 16.5. The number of hydrogen-bond acceptors (Lipinski definition) is 4. The molecule has 1 aromatic heterocycles. The Kier molecular flexibility index (Phi) is 3.20. The Bertz CT molecular complexity index is 542. The number of benzene rings is 1. The predicted octanol–water partition coefficient (Wildman–Crippen LogP) is 1.51. The molecule has 1 unspecified atom stereocenters. The van der Waals surface area contributed by atoms with Crippen LogP contribution in [0.2, 0.25) is 0 Å². The van der Waals surface area contributed by atoms with Crippen LogP contribution in [0.25, 0.3) is 10.8 Å². The van der Waals surface area contributed by atoms with Gasteiger partial charge in [-0.2, -0.15) is 0 Å². The Morgan fingerprint density at radius 3 is 3.00 bits per heavy atom. The van der Waals surface area contributed by atoms with E-state index in [1.54, 1.807) is 36.9 Å². The zero-order chi connectivity index (χ0) is 12.3. The lowest BCUT2D eigenvalue weighted by atomic mass is 10.2. The van der Waals surface area contributed by atoms with Gasteiger partial charge in [-0.25, -0.2) is 5.48 Å². The largest absolute Gasteiger partial charge is 0.481 e. The summed E-state index contributed by atoms with van der Waals surface area (Å²) in [6.45, 7) is 1.55. The highest BCUT2D eigenvalue weighted by Gasteiger charge is 2.13. The first kappa shape index (κ1) is 11.3. The Hall–Kier alpha value is -2.14. The van der Waals surface area contributed by atoms with Crippen LogP contribution in [0.5, 0.6) is 5.75 Å². The predicted molar refractivity (Wildman–Crippen MR) is 61.8 cm³/mol. The van der Waals surface area contributed by atoms with E-state index in [4.69, 9.17) is 9.94 Å². The molecule has 0 fully saturated rings. The molecule has 1 heterocycles. The molecule has 2 rings (SSSR count). The van der Waals surface area contributed by atoms with E-state index >= 15 is 0 Å². The molecule has 0 saturated carbocycles. The molecule has 0 bridgehead atoms. The molecule has 0 aliphatic rings. The average Bonchev–Trinajstić information content (AvgIpc) is 2.37. The fraction of sp³-hybridized carbons (Fsp3) is 0.167. The third-order valence-electron chi connectivity index (χ3n) is 2.40. The monoisotopic (exact) mass is 232 g/mol. The molecule has 2 N–H and O–H groups in total. The van der Waals surface area contributed by atoms with E-state index in [0.29, 0.717) is 5.75 Å². The van der Waals surface area contributed by atoms with Gasteiger partial charge in [0.15, 0.2) is 6.10 Å². The molecule has 1 amide bonds. The number of aromatic nitrogens is 1. The van der Waals surface area contributed by atoms with E-state index in [2.05, 4.69) is 4.98 Å². The summed E-state index contributed by atoms with van der Waals surface area (Å²) in [5.41, 5.74) is 1.55. The Balaban J connectivity index is 2.22. The SMILES string of the molecule is CC(Oc1ccc2ccncc2c1)C(=O)NO. The van der Waals surface area contributed by atoms with Crippen molar-refractivity contribution in [2.75, 3.05) is 0 Å². The zero-order valence-electron chi connectivity index (χ0n) is 9.25. The number of nitrogens with one attached hydrogen (secondary N) is 1. The number of hydrogen-bond donors (Lipinski definition) is 2. The number of nitrogens with zero attached hydrogens (tertiary/aromatic N) is 1. The number of ether oxygens (including phenoxy) is 1. The van der Waals surface area contributed by atoms with Crippen molar-refractivity contribution in [1.29, 1.82) is 0 Å². The van der Waals surface area contributed by atoms with Crippen molar-refractivity contribution in [3.8, 4) is 5.75 Å². The minimum absolute atomic E-state index is 0.557. The number of carbonyl (C=O) groups is 1. The van der Waals surface area contributed by atoms with Gasteiger partial charge in [0.1, 0.15) is 5.75 Å². The molecule has 1 aromatic carbocycles. The van der Waals surface area contributed by atoms with E-state index in [9.17, 15) is 4.79 Å². The number of rotatable bonds is 3. The van der Waals surface area contributed by atoms with Gasteiger partial charge in [0.05, 0.1) is 0 Å². The first-order chi connectivity index (χ1) is 8.20. The number of carbonyl (C=O) groups excluding carboxylic acids is 1. The minimum atomic E-state index is -0.755. The van der Waals surface area contributed by atoms with Crippen molar-refractivity contribution in [3.63, 3.8) is 0 Å². The molecule has 5 heteroatoms. The lowest BCUT2D eigenvalue weighted by Gasteiger charge is -2.12. The van der Waals surface area contributed by atoms with E-state index in [1.807, 2.05) is 12.1 Å². The lowest BCUT2D eigenvalue weighted by molar-refractivity contribution is -0.135. The molecule has 0 aliphatic carbocycles. The standard InChI is InChI=1S/C12H12N2O3/c1-8(12(15)14-16)17-11-3-2-9-4-5-13-7-10(9)6-11/h2-8,16H,1H3,(H,14,15). The fourth-order valence-corrected chi connectivity index (χ4v) is 1.48. The van der Waals surface area contributed by atoms with Gasteiger partial charge >= 0.3 is 0 Å². The maximum atomic E-state index is 11.1. The van der Waals surface area contributed by atoms with Crippen LogP contribution in [0.15, 0.2) is 36.7 Å². The second-order valence-electron chi connectivity index (χ2n) is 3.62. The normalized spacial score (nSPS) is 12.1. The smallest absolute Gasteiger partial charge is 0.284 e. The van der Waals surface area contributed by atoms with Crippen LogP contribution < -0.4 is 10.2 Å². The summed E-state index contributed by atoms with van der Waals surface area (Å²) >= 11 is 0. The molecule has 0 saturated heterocycles. The van der Waals surface area contributed by atoms with Crippen LogP contribution >= 0.6 is 0 Å². The Morgan fingerprint density at radius 2 is 2.24 bits per heavy atom. The van der Waals surface area contributed by atoms with Gasteiger partial charge in [-0.3, -0.25) is 15.0 Å².